The van der Waals surface area contributed by atoms with E-state index < -0.39 is 6.10 Å². The highest BCUT2D eigenvalue weighted by Crippen LogP contribution is 2.20. The van der Waals surface area contributed by atoms with E-state index in [9.17, 15) is 4.79 Å². The molecule has 116 valence electrons. The van der Waals surface area contributed by atoms with E-state index in [-0.39, 0.29) is 5.91 Å². The zero-order valence-electron chi connectivity index (χ0n) is 13.0. The molecule has 21 heavy (non-hydrogen) atoms. The van der Waals surface area contributed by atoms with E-state index in [4.69, 9.17) is 4.74 Å². The smallest absolute Gasteiger partial charge is 0.260 e. The maximum absolute atomic E-state index is 11.8. The molecule has 0 saturated heterocycles. The second kappa shape index (κ2) is 8.03. The summed E-state index contributed by atoms with van der Waals surface area (Å²) in [5, 5.41) is 6.36. The van der Waals surface area contributed by atoms with Gasteiger partial charge in [0.15, 0.2) is 6.10 Å². The second-order valence-electron chi connectivity index (χ2n) is 5.70. The maximum atomic E-state index is 11.8. The van der Waals surface area contributed by atoms with Crippen molar-refractivity contribution in [3.05, 3.63) is 29.8 Å². The summed E-state index contributed by atoms with van der Waals surface area (Å²) < 4.78 is 5.67. The molecule has 1 unspecified atom stereocenters. The first-order valence-corrected chi connectivity index (χ1v) is 7.95. The molecule has 1 aromatic rings. The van der Waals surface area contributed by atoms with Crippen molar-refractivity contribution < 1.29 is 9.53 Å². The predicted molar refractivity (Wildman–Crippen MR) is 84.3 cm³/mol. The van der Waals surface area contributed by atoms with E-state index in [1.807, 2.05) is 24.3 Å². The van der Waals surface area contributed by atoms with Crippen molar-refractivity contribution >= 4 is 5.91 Å². The molecule has 1 amide bonds. The van der Waals surface area contributed by atoms with Gasteiger partial charge in [0.25, 0.3) is 5.91 Å². The van der Waals surface area contributed by atoms with Gasteiger partial charge in [-0.05, 0) is 43.9 Å². The highest BCUT2D eigenvalue weighted by Gasteiger charge is 2.19. The van der Waals surface area contributed by atoms with Gasteiger partial charge in [-0.3, -0.25) is 4.79 Å². The molecule has 0 aliphatic heterocycles. The summed E-state index contributed by atoms with van der Waals surface area (Å²) in [6.07, 6.45) is 4.21. The fourth-order valence-electron chi connectivity index (χ4n) is 2.03. The summed E-state index contributed by atoms with van der Waals surface area (Å²) in [6.45, 7) is 5.50. The van der Waals surface area contributed by atoms with Crippen LogP contribution >= 0.6 is 0 Å². The van der Waals surface area contributed by atoms with Crippen LogP contribution in [0.15, 0.2) is 24.3 Å². The third-order valence-electron chi connectivity index (χ3n) is 3.61. The Balaban J connectivity index is 1.74. The summed E-state index contributed by atoms with van der Waals surface area (Å²) in [5.74, 6) is 0.686. The molecule has 1 fully saturated rings. The van der Waals surface area contributed by atoms with Crippen LogP contribution in [0.25, 0.3) is 0 Å². The second-order valence-corrected chi connectivity index (χ2v) is 5.70. The minimum atomic E-state index is -0.461. The molecule has 2 rings (SSSR count). The highest BCUT2D eigenvalue weighted by molar-refractivity contribution is 5.80. The van der Waals surface area contributed by atoms with E-state index in [1.165, 1.54) is 18.4 Å². The van der Waals surface area contributed by atoms with Crippen LogP contribution in [0.3, 0.4) is 0 Å². The summed E-state index contributed by atoms with van der Waals surface area (Å²) >= 11 is 0. The molecule has 4 nitrogen and oxygen atoms in total. The van der Waals surface area contributed by atoms with Gasteiger partial charge in [0.05, 0.1) is 0 Å². The molecule has 1 saturated carbocycles. The quantitative estimate of drug-likeness (QED) is 0.687. The van der Waals surface area contributed by atoms with Gasteiger partial charge < -0.3 is 15.4 Å². The third kappa shape index (κ3) is 5.76. The lowest BCUT2D eigenvalue weighted by atomic mass is 10.2. The molecule has 0 spiro atoms. The third-order valence-corrected chi connectivity index (χ3v) is 3.61. The van der Waals surface area contributed by atoms with Gasteiger partial charge in [-0.15, -0.1) is 0 Å². The van der Waals surface area contributed by atoms with Crippen molar-refractivity contribution in [2.24, 2.45) is 0 Å². The molecule has 0 bridgehead atoms. The summed E-state index contributed by atoms with van der Waals surface area (Å²) in [4.78, 5) is 11.8. The lowest BCUT2D eigenvalue weighted by molar-refractivity contribution is -0.127. The number of hydrogen-bond donors (Lipinski definition) is 2. The van der Waals surface area contributed by atoms with Crippen LogP contribution in [0.4, 0.5) is 0 Å². The van der Waals surface area contributed by atoms with Crippen LogP contribution in [0.2, 0.25) is 0 Å². The zero-order chi connectivity index (χ0) is 15.1. The van der Waals surface area contributed by atoms with Crippen molar-refractivity contribution in [1.29, 1.82) is 0 Å². The van der Waals surface area contributed by atoms with Gasteiger partial charge in [-0.1, -0.05) is 25.5 Å². The van der Waals surface area contributed by atoms with Gasteiger partial charge in [0.2, 0.25) is 0 Å². The fraction of sp³-hybridized carbons (Fsp3) is 0.588. The Hall–Kier alpha value is -1.55. The molecule has 1 aromatic carbocycles. The molecule has 0 aromatic heterocycles. The maximum Gasteiger partial charge on any atom is 0.260 e. The average Bonchev–Trinajstić information content (AvgIpc) is 3.31. The lowest BCUT2D eigenvalue weighted by Gasteiger charge is -2.15. The van der Waals surface area contributed by atoms with Crippen LogP contribution in [0.5, 0.6) is 5.75 Å². The Morgan fingerprint density at radius 3 is 2.67 bits per heavy atom. The molecule has 4 heteroatoms. The molecule has 1 aliphatic carbocycles. The van der Waals surface area contributed by atoms with Crippen LogP contribution in [0.1, 0.15) is 45.1 Å². The fourth-order valence-corrected chi connectivity index (χ4v) is 2.03. The Morgan fingerprint density at radius 1 is 1.33 bits per heavy atom. The number of benzene rings is 1. The lowest BCUT2D eigenvalue weighted by Crippen LogP contribution is -2.36. The Bertz CT molecular complexity index is 441. The number of hydrogen-bond acceptors (Lipinski definition) is 3. The molecule has 0 radical (unpaired) electrons. The Morgan fingerprint density at radius 2 is 2.05 bits per heavy atom. The molecule has 2 N–H and O–H groups in total. The summed E-state index contributed by atoms with van der Waals surface area (Å²) in [7, 11) is 0. The van der Waals surface area contributed by atoms with Crippen LogP contribution in [-0.2, 0) is 11.3 Å². The topological polar surface area (TPSA) is 50.4 Å². The molecular weight excluding hydrogens is 264 g/mol. The first-order valence-electron chi connectivity index (χ1n) is 7.95. The van der Waals surface area contributed by atoms with E-state index in [1.54, 1.807) is 6.92 Å². The first-order chi connectivity index (χ1) is 10.2. The molecule has 1 aliphatic rings. The van der Waals surface area contributed by atoms with Crippen LogP contribution in [0, 0.1) is 0 Å². The number of carbonyl (C=O) groups excluding carboxylic acids is 1. The SMILES string of the molecule is CCCCNC(=O)C(C)Oc1ccc(CNC2CC2)cc1. The Kier molecular flexibility index (Phi) is 6.05. The summed E-state index contributed by atoms with van der Waals surface area (Å²) in [6, 6.07) is 8.67. The number of ether oxygens (including phenoxy) is 1. The van der Waals surface area contributed by atoms with Crippen LogP contribution < -0.4 is 15.4 Å². The van der Waals surface area contributed by atoms with E-state index >= 15 is 0 Å². The number of unbranched alkanes of at least 4 members (excludes halogenated alkanes) is 1. The highest BCUT2D eigenvalue weighted by atomic mass is 16.5. The van der Waals surface area contributed by atoms with Crippen molar-refractivity contribution in [3.63, 3.8) is 0 Å². The number of amides is 1. The summed E-state index contributed by atoms with van der Waals surface area (Å²) in [5.41, 5.74) is 1.24. The Labute approximate surface area is 127 Å². The van der Waals surface area contributed by atoms with Crippen molar-refractivity contribution in [1.82, 2.24) is 10.6 Å². The average molecular weight is 290 g/mol. The van der Waals surface area contributed by atoms with Gasteiger partial charge in [-0.2, -0.15) is 0 Å². The van der Waals surface area contributed by atoms with Crippen molar-refractivity contribution in [3.8, 4) is 5.75 Å². The first kappa shape index (κ1) is 15.8. The predicted octanol–water partition coefficient (Wildman–Crippen LogP) is 2.62. The van der Waals surface area contributed by atoms with Crippen molar-refractivity contribution in [2.75, 3.05) is 6.54 Å². The molecule has 0 heterocycles. The normalized spacial score (nSPS) is 15.5. The van der Waals surface area contributed by atoms with E-state index in [2.05, 4.69) is 17.6 Å². The standard InChI is InChI=1S/C17H26N2O2/c1-3-4-11-18-17(20)13(2)21-16-9-5-14(6-10-16)12-19-15-7-8-15/h5-6,9-10,13,15,19H,3-4,7-8,11-12H2,1-2H3,(H,18,20). The minimum absolute atomic E-state index is 0.0528. The van der Waals surface area contributed by atoms with E-state index in [0.717, 1.165) is 31.7 Å². The van der Waals surface area contributed by atoms with Gasteiger partial charge in [0, 0.05) is 19.1 Å². The van der Waals surface area contributed by atoms with Gasteiger partial charge in [-0.25, -0.2) is 0 Å². The molecular formula is C17H26N2O2. The van der Waals surface area contributed by atoms with E-state index in [0.29, 0.717) is 6.04 Å². The van der Waals surface area contributed by atoms with Gasteiger partial charge >= 0.3 is 0 Å². The number of nitrogens with one attached hydrogen (secondary N) is 2. The van der Waals surface area contributed by atoms with Gasteiger partial charge in [0.1, 0.15) is 5.75 Å². The van der Waals surface area contributed by atoms with Crippen LogP contribution in [-0.4, -0.2) is 24.6 Å². The largest absolute Gasteiger partial charge is 0.481 e. The number of rotatable bonds is 9. The monoisotopic (exact) mass is 290 g/mol. The number of carbonyl (C=O) groups is 1. The minimum Gasteiger partial charge on any atom is -0.481 e. The van der Waals surface area contributed by atoms with Crippen molar-refractivity contribution in [2.45, 2.75) is 58.2 Å². The molecule has 1 atom stereocenters. The zero-order valence-corrected chi connectivity index (χ0v) is 13.0.